The molecule has 23 heavy (non-hydrogen) atoms. The molecule has 0 fully saturated rings. The van der Waals surface area contributed by atoms with Crippen LogP contribution in [0.2, 0.25) is 0 Å². The quantitative estimate of drug-likeness (QED) is 0.798. The van der Waals surface area contributed by atoms with E-state index in [1.807, 2.05) is 30.3 Å². The number of hydrogen-bond donors (Lipinski definition) is 1. The summed E-state index contributed by atoms with van der Waals surface area (Å²) in [5, 5.41) is 2.83. The molecule has 2 rings (SSSR count). The maximum Gasteiger partial charge on any atom is 0.344 e. The van der Waals surface area contributed by atoms with E-state index in [1.165, 1.54) is 0 Å². The van der Waals surface area contributed by atoms with Crippen molar-refractivity contribution in [1.29, 1.82) is 0 Å². The lowest BCUT2D eigenvalue weighted by atomic mass is 10.1. The number of benzene rings is 2. The lowest BCUT2D eigenvalue weighted by molar-refractivity contribution is -0.145. The Morgan fingerprint density at radius 1 is 1.00 bits per heavy atom. The maximum atomic E-state index is 12.3. The second-order valence-electron chi connectivity index (χ2n) is 4.76. The van der Waals surface area contributed by atoms with Crippen LogP contribution in [0.15, 0.2) is 54.6 Å². The van der Waals surface area contributed by atoms with Gasteiger partial charge in [0, 0.05) is 6.54 Å². The van der Waals surface area contributed by atoms with E-state index in [-0.39, 0.29) is 12.5 Å². The second-order valence-corrected chi connectivity index (χ2v) is 4.76. The molecule has 1 amide bonds. The topological polar surface area (TPSA) is 64.6 Å². The Hall–Kier alpha value is -2.82. The van der Waals surface area contributed by atoms with Gasteiger partial charge in [-0.15, -0.1) is 0 Å². The minimum absolute atomic E-state index is 0.225. The summed E-state index contributed by atoms with van der Waals surface area (Å²) in [6.45, 7) is 2.22. The fourth-order valence-corrected chi connectivity index (χ4v) is 1.99. The Balaban J connectivity index is 1.98. The molecule has 0 bridgehead atoms. The molecule has 0 saturated carbocycles. The van der Waals surface area contributed by atoms with E-state index in [4.69, 9.17) is 9.47 Å². The smallest absolute Gasteiger partial charge is 0.344 e. The van der Waals surface area contributed by atoms with Crippen molar-refractivity contribution >= 4 is 11.9 Å². The summed E-state index contributed by atoms with van der Waals surface area (Å²) >= 11 is 0. The molecule has 0 radical (unpaired) electrons. The molecule has 0 unspecified atom stereocenters. The van der Waals surface area contributed by atoms with Gasteiger partial charge < -0.3 is 14.8 Å². The zero-order valence-corrected chi connectivity index (χ0v) is 13.0. The number of hydrogen-bond acceptors (Lipinski definition) is 4. The monoisotopic (exact) mass is 313 g/mol. The van der Waals surface area contributed by atoms with E-state index in [9.17, 15) is 9.59 Å². The molecule has 5 heteroatoms. The number of carbonyl (C=O) groups is 2. The number of ether oxygens (including phenoxy) is 2. The van der Waals surface area contributed by atoms with Crippen molar-refractivity contribution in [3.63, 3.8) is 0 Å². The Morgan fingerprint density at radius 3 is 2.43 bits per heavy atom. The van der Waals surface area contributed by atoms with E-state index in [0.717, 1.165) is 5.56 Å². The molecule has 0 spiro atoms. The van der Waals surface area contributed by atoms with E-state index in [2.05, 4.69) is 5.32 Å². The van der Waals surface area contributed by atoms with E-state index in [0.29, 0.717) is 24.5 Å². The molecule has 0 saturated heterocycles. The fourth-order valence-electron chi connectivity index (χ4n) is 1.99. The molecule has 0 aliphatic heterocycles. The van der Waals surface area contributed by atoms with Crippen LogP contribution in [0.25, 0.3) is 0 Å². The van der Waals surface area contributed by atoms with E-state index < -0.39 is 5.97 Å². The van der Waals surface area contributed by atoms with Crippen LogP contribution in [0.3, 0.4) is 0 Å². The van der Waals surface area contributed by atoms with Crippen LogP contribution in [0.1, 0.15) is 22.8 Å². The summed E-state index contributed by atoms with van der Waals surface area (Å²) in [5.41, 5.74) is 1.39. The van der Waals surface area contributed by atoms with Crippen molar-refractivity contribution < 1.29 is 19.1 Å². The molecule has 5 nitrogen and oxygen atoms in total. The van der Waals surface area contributed by atoms with Crippen LogP contribution in [0.5, 0.6) is 5.75 Å². The van der Waals surface area contributed by atoms with Crippen LogP contribution in [-0.2, 0) is 16.1 Å². The highest BCUT2D eigenvalue weighted by Gasteiger charge is 2.13. The van der Waals surface area contributed by atoms with Crippen LogP contribution in [-0.4, -0.2) is 25.1 Å². The third-order valence-corrected chi connectivity index (χ3v) is 3.08. The maximum absolute atomic E-state index is 12.3. The summed E-state index contributed by atoms with van der Waals surface area (Å²) in [7, 11) is 0. The van der Waals surface area contributed by atoms with Crippen molar-refractivity contribution in [3.8, 4) is 5.75 Å². The van der Waals surface area contributed by atoms with E-state index in [1.54, 1.807) is 31.2 Å². The number of para-hydroxylation sites is 1. The predicted molar refractivity (Wildman–Crippen MR) is 86.2 cm³/mol. The normalized spacial score (nSPS) is 9.96. The number of carbonyl (C=O) groups excluding carboxylic acids is 2. The summed E-state index contributed by atoms with van der Waals surface area (Å²) in [6.07, 6.45) is 0. The lowest BCUT2D eigenvalue weighted by Gasteiger charge is -2.11. The Morgan fingerprint density at radius 2 is 1.70 bits per heavy atom. The summed E-state index contributed by atoms with van der Waals surface area (Å²) < 4.78 is 10.2. The molecule has 0 aliphatic carbocycles. The zero-order valence-electron chi connectivity index (χ0n) is 13.0. The van der Waals surface area contributed by atoms with Crippen molar-refractivity contribution in [2.45, 2.75) is 13.5 Å². The summed E-state index contributed by atoms with van der Waals surface area (Å²) in [5.74, 6) is -0.369. The SMILES string of the molecule is CCOC(=O)COc1ccccc1C(=O)NCc1ccccc1. The van der Waals surface area contributed by atoms with Gasteiger partial charge in [0.25, 0.3) is 5.91 Å². The highest BCUT2D eigenvalue weighted by atomic mass is 16.6. The first-order valence-electron chi connectivity index (χ1n) is 7.40. The number of amides is 1. The first kappa shape index (κ1) is 16.5. The van der Waals surface area contributed by atoms with Gasteiger partial charge in [-0.1, -0.05) is 42.5 Å². The average Bonchev–Trinajstić information content (AvgIpc) is 2.59. The highest BCUT2D eigenvalue weighted by Crippen LogP contribution is 2.18. The Labute approximate surface area is 135 Å². The largest absolute Gasteiger partial charge is 0.481 e. The fraction of sp³-hybridized carbons (Fsp3) is 0.222. The molecule has 1 N–H and O–H groups in total. The van der Waals surface area contributed by atoms with Gasteiger partial charge in [-0.25, -0.2) is 4.79 Å². The number of nitrogens with one attached hydrogen (secondary N) is 1. The lowest BCUT2D eigenvalue weighted by Crippen LogP contribution is -2.24. The first-order valence-corrected chi connectivity index (χ1v) is 7.40. The minimum Gasteiger partial charge on any atom is -0.481 e. The predicted octanol–water partition coefficient (Wildman–Crippen LogP) is 2.56. The molecule has 0 aliphatic rings. The van der Waals surface area contributed by atoms with Gasteiger partial charge in [-0.2, -0.15) is 0 Å². The van der Waals surface area contributed by atoms with Gasteiger partial charge in [0.2, 0.25) is 0 Å². The third-order valence-electron chi connectivity index (χ3n) is 3.08. The van der Waals surface area contributed by atoms with Crippen molar-refractivity contribution in [3.05, 3.63) is 65.7 Å². The number of esters is 1. The molecular weight excluding hydrogens is 294 g/mol. The highest BCUT2D eigenvalue weighted by molar-refractivity contribution is 5.96. The molecular formula is C18H19NO4. The molecule has 0 heterocycles. The van der Waals surface area contributed by atoms with Crippen LogP contribution >= 0.6 is 0 Å². The standard InChI is InChI=1S/C18H19NO4/c1-2-22-17(20)13-23-16-11-7-6-10-15(16)18(21)19-12-14-8-4-3-5-9-14/h3-11H,2,12-13H2,1H3,(H,19,21). The zero-order chi connectivity index (χ0) is 16.5. The summed E-state index contributed by atoms with van der Waals surface area (Å²) in [4.78, 5) is 23.7. The van der Waals surface area contributed by atoms with Crippen molar-refractivity contribution in [2.75, 3.05) is 13.2 Å². The molecule has 0 aromatic heterocycles. The second kappa shape index (κ2) is 8.58. The van der Waals surface area contributed by atoms with Crippen molar-refractivity contribution in [2.24, 2.45) is 0 Å². The Bertz CT molecular complexity index is 655. The molecule has 2 aromatic carbocycles. The van der Waals surface area contributed by atoms with E-state index >= 15 is 0 Å². The molecule has 0 atom stereocenters. The van der Waals surface area contributed by atoms with Gasteiger partial charge in [-0.3, -0.25) is 4.79 Å². The Kier molecular flexibility index (Phi) is 6.17. The van der Waals surface area contributed by atoms with Gasteiger partial charge in [-0.05, 0) is 24.6 Å². The van der Waals surface area contributed by atoms with Crippen LogP contribution in [0, 0.1) is 0 Å². The average molecular weight is 313 g/mol. The summed E-state index contributed by atoms with van der Waals surface area (Å²) in [6, 6.07) is 16.4. The van der Waals surface area contributed by atoms with Gasteiger partial charge in [0.15, 0.2) is 6.61 Å². The van der Waals surface area contributed by atoms with Crippen LogP contribution in [0.4, 0.5) is 0 Å². The number of rotatable bonds is 7. The molecule has 120 valence electrons. The van der Waals surface area contributed by atoms with Gasteiger partial charge in [0.05, 0.1) is 12.2 Å². The minimum atomic E-state index is -0.466. The van der Waals surface area contributed by atoms with Gasteiger partial charge in [0.1, 0.15) is 5.75 Å². The third kappa shape index (κ3) is 5.14. The molecule has 2 aromatic rings. The van der Waals surface area contributed by atoms with Gasteiger partial charge >= 0.3 is 5.97 Å². The first-order chi connectivity index (χ1) is 11.2. The van der Waals surface area contributed by atoms with Crippen LogP contribution < -0.4 is 10.1 Å². The van der Waals surface area contributed by atoms with Crippen molar-refractivity contribution in [1.82, 2.24) is 5.32 Å².